The van der Waals surface area contributed by atoms with Crippen LogP contribution in [0.5, 0.6) is 0 Å². The molecule has 0 aromatic heterocycles. The molecule has 1 aliphatic rings. The van der Waals surface area contributed by atoms with E-state index in [4.69, 9.17) is 23.2 Å². The van der Waals surface area contributed by atoms with Crippen LogP contribution in [0.4, 0.5) is 0 Å². The summed E-state index contributed by atoms with van der Waals surface area (Å²) in [6, 6.07) is 0.0434. The standard InChI is InChI=1S/C11H20Cl2N2O.ClH/c12-4-7-15(8-5-13)9-11(16)10-3-1-2-6-14-10;/h10,14H,1-9H2;1H. The molecule has 0 amide bonds. The first-order valence-electron chi connectivity index (χ1n) is 5.88. The Morgan fingerprint density at radius 3 is 2.35 bits per heavy atom. The van der Waals surface area contributed by atoms with E-state index in [1.807, 2.05) is 4.90 Å². The Balaban J connectivity index is 0.00000256. The second kappa shape index (κ2) is 10.4. The number of nitrogens with one attached hydrogen (secondary N) is 1. The van der Waals surface area contributed by atoms with Gasteiger partial charge in [0.05, 0.1) is 12.6 Å². The molecule has 17 heavy (non-hydrogen) atoms. The lowest BCUT2D eigenvalue weighted by Gasteiger charge is -2.26. The van der Waals surface area contributed by atoms with E-state index >= 15 is 0 Å². The average Bonchev–Trinajstić information content (AvgIpc) is 2.31. The first kappa shape index (κ1) is 17.5. The molecule has 0 aromatic carbocycles. The number of hydrogen-bond donors (Lipinski definition) is 1. The number of hydrogen-bond acceptors (Lipinski definition) is 3. The largest absolute Gasteiger partial charge is 0.307 e. The highest BCUT2D eigenvalue weighted by Gasteiger charge is 2.21. The smallest absolute Gasteiger partial charge is 0.163 e. The predicted molar refractivity (Wildman–Crippen MR) is 75.8 cm³/mol. The lowest BCUT2D eigenvalue weighted by atomic mass is 10.0. The molecular weight excluding hydrogens is 282 g/mol. The number of alkyl halides is 2. The van der Waals surface area contributed by atoms with Crippen molar-refractivity contribution >= 4 is 41.4 Å². The minimum atomic E-state index is 0. The topological polar surface area (TPSA) is 32.3 Å². The van der Waals surface area contributed by atoms with Crippen LogP contribution >= 0.6 is 35.6 Å². The summed E-state index contributed by atoms with van der Waals surface area (Å²) in [6.45, 7) is 2.89. The number of nitrogens with zero attached hydrogens (tertiary/aromatic N) is 1. The number of carbonyl (C=O) groups excluding carboxylic acids is 1. The summed E-state index contributed by atoms with van der Waals surface area (Å²) in [7, 11) is 0. The molecule has 0 radical (unpaired) electrons. The van der Waals surface area contributed by atoms with Crippen molar-refractivity contribution in [3.63, 3.8) is 0 Å². The van der Waals surface area contributed by atoms with Gasteiger partial charge in [0.15, 0.2) is 5.78 Å². The van der Waals surface area contributed by atoms with Crippen LogP contribution in [-0.4, -0.2) is 54.7 Å². The summed E-state index contributed by atoms with van der Waals surface area (Å²) in [5.41, 5.74) is 0. The Kier molecular flexibility index (Phi) is 10.7. The fourth-order valence-corrected chi connectivity index (χ4v) is 2.44. The highest BCUT2D eigenvalue weighted by atomic mass is 35.5. The summed E-state index contributed by atoms with van der Waals surface area (Å²) in [6.07, 6.45) is 3.29. The van der Waals surface area contributed by atoms with Crippen LogP contribution in [0.15, 0.2) is 0 Å². The molecule has 1 atom stereocenters. The van der Waals surface area contributed by atoms with Crippen molar-refractivity contribution in [2.24, 2.45) is 0 Å². The van der Waals surface area contributed by atoms with Crippen LogP contribution in [0.3, 0.4) is 0 Å². The Hall–Kier alpha value is 0.460. The summed E-state index contributed by atoms with van der Waals surface area (Å²) in [5, 5.41) is 3.27. The van der Waals surface area contributed by atoms with E-state index in [1.165, 1.54) is 6.42 Å². The fourth-order valence-electron chi connectivity index (χ4n) is 1.97. The minimum absolute atomic E-state index is 0. The average molecular weight is 304 g/mol. The van der Waals surface area contributed by atoms with Crippen LogP contribution < -0.4 is 5.32 Å². The summed E-state index contributed by atoms with van der Waals surface area (Å²) in [4.78, 5) is 14.0. The third kappa shape index (κ3) is 6.82. The molecule has 1 fully saturated rings. The van der Waals surface area contributed by atoms with Gasteiger partial charge in [-0.1, -0.05) is 6.42 Å². The van der Waals surface area contributed by atoms with Crippen LogP contribution in [0.1, 0.15) is 19.3 Å². The van der Waals surface area contributed by atoms with Gasteiger partial charge in [-0.05, 0) is 19.4 Å². The van der Waals surface area contributed by atoms with E-state index in [9.17, 15) is 4.79 Å². The Bertz CT molecular complexity index is 205. The predicted octanol–water partition coefficient (Wildman–Crippen LogP) is 1.90. The Labute approximate surface area is 120 Å². The fraction of sp³-hybridized carbons (Fsp3) is 0.909. The van der Waals surface area contributed by atoms with Gasteiger partial charge >= 0.3 is 0 Å². The molecule has 1 rings (SSSR count). The van der Waals surface area contributed by atoms with Gasteiger partial charge in [0, 0.05) is 24.8 Å². The molecule has 0 aromatic rings. The first-order valence-corrected chi connectivity index (χ1v) is 6.95. The van der Waals surface area contributed by atoms with E-state index in [2.05, 4.69) is 5.32 Å². The maximum absolute atomic E-state index is 12.0. The number of piperidine rings is 1. The van der Waals surface area contributed by atoms with E-state index in [-0.39, 0.29) is 24.2 Å². The number of rotatable bonds is 7. The molecule has 3 nitrogen and oxygen atoms in total. The van der Waals surface area contributed by atoms with Crippen LogP contribution in [0.2, 0.25) is 0 Å². The van der Waals surface area contributed by atoms with Crippen molar-refractivity contribution in [3.05, 3.63) is 0 Å². The molecule has 0 saturated carbocycles. The number of ketones is 1. The van der Waals surface area contributed by atoms with E-state index in [0.29, 0.717) is 18.3 Å². The molecule has 102 valence electrons. The number of carbonyl (C=O) groups is 1. The second-order valence-corrected chi connectivity index (χ2v) is 4.88. The maximum Gasteiger partial charge on any atom is 0.163 e. The number of Topliss-reactive ketones (excluding diaryl/α,β-unsaturated/α-hetero) is 1. The van der Waals surface area contributed by atoms with Crippen molar-refractivity contribution in [1.82, 2.24) is 10.2 Å². The molecular formula is C11H21Cl3N2O. The van der Waals surface area contributed by atoms with Gasteiger partial charge in [0.2, 0.25) is 0 Å². The normalized spacial score (nSPS) is 20.1. The number of halogens is 3. The molecule has 0 bridgehead atoms. The van der Waals surface area contributed by atoms with Gasteiger partial charge in [0.1, 0.15) is 0 Å². The third-order valence-corrected chi connectivity index (χ3v) is 3.22. The van der Waals surface area contributed by atoms with Crippen molar-refractivity contribution in [2.45, 2.75) is 25.3 Å². The molecule has 0 spiro atoms. The van der Waals surface area contributed by atoms with Crippen LogP contribution in [-0.2, 0) is 4.79 Å². The van der Waals surface area contributed by atoms with Gasteiger partial charge in [0.25, 0.3) is 0 Å². The summed E-state index contributed by atoms with van der Waals surface area (Å²) < 4.78 is 0. The monoisotopic (exact) mass is 302 g/mol. The van der Waals surface area contributed by atoms with Gasteiger partial charge < -0.3 is 5.32 Å². The summed E-state index contributed by atoms with van der Waals surface area (Å²) >= 11 is 11.4. The SMILES string of the molecule is Cl.O=C(CN(CCCl)CCCl)C1CCCCN1. The van der Waals surface area contributed by atoms with Gasteiger partial charge in [-0.3, -0.25) is 9.69 Å². The molecule has 1 aliphatic heterocycles. The molecule has 1 N–H and O–H groups in total. The Morgan fingerprint density at radius 1 is 1.24 bits per heavy atom. The highest BCUT2D eigenvalue weighted by Crippen LogP contribution is 2.08. The van der Waals surface area contributed by atoms with Gasteiger partial charge in [-0.25, -0.2) is 0 Å². The van der Waals surface area contributed by atoms with Crippen molar-refractivity contribution in [1.29, 1.82) is 0 Å². The molecule has 1 saturated heterocycles. The molecule has 0 aliphatic carbocycles. The van der Waals surface area contributed by atoms with Crippen LogP contribution in [0.25, 0.3) is 0 Å². The zero-order valence-electron chi connectivity index (χ0n) is 9.96. The first-order chi connectivity index (χ1) is 7.77. The molecule has 1 unspecified atom stereocenters. The van der Waals surface area contributed by atoms with Crippen molar-refractivity contribution in [2.75, 3.05) is 37.9 Å². The molecule has 1 heterocycles. The van der Waals surface area contributed by atoms with Crippen molar-refractivity contribution < 1.29 is 4.79 Å². The van der Waals surface area contributed by atoms with Crippen LogP contribution in [0, 0.1) is 0 Å². The maximum atomic E-state index is 12.0. The zero-order chi connectivity index (χ0) is 11.8. The minimum Gasteiger partial charge on any atom is -0.307 e. The lowest BCUT2D eigenvalue weighted by molar-refractivity contribution is -0.122. The lowest BCUT2D eigenvalue weighted by Crippen LogP contribution is -2.46. The Morgan fingerprint density at radius 2 is 1.88 bits per heavy atom. The van der Waals surface area contributed by atoms with Gasteiger partial charge in [-0.2, -0.15) is 0 Å². The highest BCUT2D eigenvalue weighted by molar-refractivity contribution is 6.18. The van der Waals surface area contributed by atoms with Crippen molar-refractivity contribution in [3.8, 4) is 0 Å². The molecule has 6 heteroatoms. The van der Waals surface area contributed by atoms with E-state index in [1.54, 1.807) is 0 Å². The van der Waals surface area contributed by atoms with E-state index < -0.39 is 0 Å². The van der Waals surface area contributed by atoms with Gasteiger partial charge in [-0.15, -0.1) is 35.6 Å². The van der Waals surface area contributed by atoms with E-state index in [0.717, 1.165) is 32.5 Å². The second-order valence-electron chi connectivity index (χ2n) is 4.12. The third-order valence-electron chi connectivity index (χ3n) is 2.88. The quantitative estimate of drug-likeness (QED) is 0.729. The zero-order valence-corrected chi connectivity index (χ0v) is 12.3. The summed E-state index contributed by atoms with van der Waals surface area (Å²) in [5.74, 6) is 1.36.